The molecular formula is C9H8ClN3O5S. The Hall–Kier alpha value is -1.71. The summed E-state index contributed by atoms with van der Waals surface area (Å²) in [5.41, 5.74) is -0.952. The number of nitrogens with zero attached hydrogens (tertiary/aromatic N) is 1. The second-order valence-electron chi connectivity index (χ2n) is 3.89. The molecule has 1 aliphatic rings. The van der Waals surface area contributed by atoms with Gasteiger partial charge in [-0.3, -0.25) is 14.9 Å². The molecule has 19 heavy (non-hydrogen) atoms. The molecule has 0 radical (unpaired) electrons. The third-order valence-corrected chi connectivity index (χ3v) is 4.29. The molecule has 0 saturated carbocycles. The van der Waals surface area contributed by atoms with Gasteiger partial charge < -0.3 is 5.32 Å². The quantitative estimate of drug-likeness (QED) is 0.589. The highest BCUT2D eigenvalue weighted by atomic mass is 35.5. The molecule has 1 atom stereocenters. The Morgan fingerprint density at radius 1 is 1.42 bits per heavy atom. The monoisotopic (exact) mass is 305 g/mol. The Morgan fingerprint density at radius 2 is 2.05 bits per heavy atom. The van der Waals surface area contributed by atoms with Crippen LogP contribution in [0.4, 0.5) is 11.4 Å². The molecule has 0 saturated heterocycles. The number of anilines is 1. The molecule has 1 aliphatic heterocycles. The Morgan fingerprint density at radius 3 is 2.63 bits per heavy atom. The van der Waals surface area contributed by atoms with Crippen molar-refractivity contribution in [3.63, 3.8) is 0 Å². The van der Waals surface area contributed by atoms with E-state index in [9.17, 15) is 23.3 Å². The van der Waals surface area contributed by atoms with Crippen molar-refractivity contribution in [2.75, 3.05) is 5.32 Å². The van der Waals surface area contributed by atoms with Crippen molar-refractivity contribution >= 4 is 38.9 Å². The minimum absolute atomic E-state index is 0.111. The predicted octanol–water partition coefficient (Wildman–Crippen LogP) is 0.867. The summed E-state index contributed by atoms with van der Waals surface area (Å²) in [4.78, 5) is 21.3. The van der Waals surface area contributed by atoms with Crippen LogP contribution in [0.5, 0.6) is 0 Å². The first-order valence-electron chi connectivity index (χ1n) is 5.03. The highest BCUT2D eigenvalue weighted by Crippen LogP contribution is 2.36. The Kier molecular flexibility index (Phi) is 3.20. The second kappa shape index (κ2) is 4.44. The van der Waals surface area contributed by atoms with Crippen molar-refractivity contribution in [3.8, 4) is 0 Å². The van der Waals surface area contributed by atoms with Crippen LogP contribution in [0.2, 0.25) is 5.02 Å². The molecule has 0 aliphatic carbocycles. The number of benzene rings is 1. The summed E-state index contributed by atoms with van der Waals surface area (Å²) < 4.78 is 26.1. The first-order chi connectivity index (χ1) is 8.72. The first kappa shape index (κ1) is 13.7. The molecule has 1 aromatic rings. The lowest BCUT2D eigenvalue weighted by atomic mass is 10.2. The zero-order valence-corrected chi connectivity index (χ0v) is 11.1. The van der Waals surface area contributed by atoms with Crippen LogP contribution in [0.3, 0.4) is 0 Å². The fraction of sp³-hybridized carbons (Fsp3) is 0.222. The van der Waals surface area contributed by atoms with E-state index in [2.05, 4.69) is 10.0 Å². The van der Waals surface area contributed by atoms with Gasteiger partial charge in [-0.25, -0.2) is 8.42 Å². The molecule has 2 N–H and O–H groups in total. The lowest BCUT2D eigenvalue weighted by Crippen LogP contribution is -2.38. The molecule has 10 heteroatoms. The molecule has 2 rings (SSSR count). The number of rotatable bonds is 1. The summed E-state index contributed by atoms with van der Waals surface area (Å²) in [6.07, 6.45) is 0. The molecule has 0 fully saturated rings. The van der Waals surface area contributed by atoms with E-state index in [-0.39, 0.29) is 10.7 Å². The van der Waals surface area contributed by atoms with Gasteiger partial charge in [-0.1, -0.05) is 11.6 Å². The lowest BCUT2D eigenvalue weighted by molar-refractivity contribution is -0.384. The van der Waals surface area contributed by atoms with Crippen molar-refractivity contribution in [1.29, 1.82) is 0 Å². The van der Waals surface area contributed by atoms with Crippen molar-refractivity contribution in [2.45, 2.75) is 17.9 Å². The second-order valence-corrected chi connectivity index (χ2v) is 6.01. The number of amides is 1. The van der Waals surface area contributed by atoms with Crippen molar-refractivity contribution in [1.82, 2.24) is 4.72 Å². The third-order valence-electron chi connectivity index (χ3n) is 2.51. The molecule has 0 spiro atoms. The van der Waals surface area contributed by atoms with Crippen molar-refractivity contribution in [3.05, 3.63) is 27.3 Å². The van der Waals surface area contributed by atoms with Crippen LogP contribution < -0.4 is 10.0 Å². The topological polar surface area (TPSA) is 118 Å². The maximum Gasteiger partial charge on any atom is 0.295 e. The fourth-order valence-electron chi connectivity index (χ4n) is 1.63. The van der Waals surface area contributed by atoms with E-state index in [1.165, 1.54) is 6.92 Å². The molecule has 102 valence electrons. The molecule has 8 nitrogen and oxygen atoms in total. The number of fused-ring (bicyclic) bond motifs is 1. The van der Waals surface area contributed by atoms with Gasteiger partial charge in [0, 0.05) is 11.1 Å². The largest absolute Gasteiger partial charge is 0.318 e. The van der Waals surface area contributed by atoms with Crippen LogP contribution in [-0.4, -0.2) is 25.3 Å². The smallest absolute Gasteiger partial charge is 0.295 e. The fourth-order valence-corrected chi connectivity index (χ4v) is 3.31. The van der Waals surface area contributed by atoms with Gasteiger partial charge in [0.2, 0.25) is 15.9 Å². The van der Waals surface area contributed by atoms with E-state index in [0.717, 1.165) is 12.1 Å². The molecule has 1 heterocycles. The van der Waals surface area contributed by atoms with Gasteiger partial charge in [0.05, 0.1) is 11.0 Å². The molecule has 0 bridgehead atoms. The average molecular weight is 306 g/mol. The van der Waals surface area contributed by atoms with Gasteiger partial charge >= 0.3 is 0 Å². The van der Waals surface area contributed by atoms with Gasteiger partial charge in [-0.15, -0.1) is 0 Å². The van der Waals surface area contributed by atoms with Crippen LogP contribution in [0.15, 0.2) is 17.0 Å². The number of nitro groups is 1. The van der Waals surface area contributed by atoms with Crippen molar-refractivity contribution in [2.24, 2.45) is 0 Å². The molecule has 1 unspecified atom stereocenters. The van der Waals surface area contributed by atoms with Crippen LogP contribution in [-0.2, 0) is 14.8 Å². The maximum absolute atomic E-state index is 12.0. The highest BCUT2D eigenvalue weighted by Gasteiger charge is 2.34. The summed E-state index contributed by atoms with van der Waals surface area (Å²) in [5.74, 6) is -0.687. The minimum atomic E-state index is -4.06. The standard InChI is InChI=1S/C9H8ClN3O5S/c1-4-9(14)11-8-6(13(15)16)2-5(10)3-7(8)19(17,18)12-4/h2-4,12H,1H3,(H,11,14). The summed E-state index contributed by atoms with van der Waals surface area (Å²) in [6, 6.07) is 0.979. The normalized spacial score (nSPS) is 21.2. The Bertz CT molecular complexity index is 687. The number of nitro benzene ring substituents is 1. The number of sulfonamides is 1. The van der Waals surface area contributed by atoms with Gasteiger partial charge in [0.1, 0.15) is 10.6 Å². The molecular weight excluding hydrogens is 298 g/mol. The molecule has 1 amide bonds. The summed E-state index contributed by atoms with van der Waals surface area (Å²) in [7, 11) is -4.06. The van der Waals surface area contributed by atoms with Crippen LogP contribution in [0.25, 0.3) is 0 Å². The highest BCUT2D eigenvalue weighted by molar-refractivity contribution is 7.89. The molecule has 0 aromatic heterocycles. The Labute approximate surface area is 112 Å². The lowest BCUT2D eigenvalue weighted by Gasteiger charge is -2.07. The first-order valence-corrected chi connectivity index (χ1v) is 6.89. The zero-order chi connectivity index (χ0) is 14.4. The Balaban J connectivity index is 2.81. The summed E-state index contributed by atoms with van der Waals surface area (Å²) >= 11 is 5.67. The minimum Gasteiger partial charge on any atom is -0.318 e. The number of hydrogen-bond acceptors (Lipinski definition) is 5. The van der Waals surface area contributed by atoms with E-state index in [0.29, 0.717) is 0 Å². The summed E-state index contributed by atoms with van der Waals surface area (Å²) in [6.45, 7) is 1.33. The SMILES string of the molecule is CC1NS(=O)(=O)c2cc(Cl)cc([N+](=O)[O-])c2NC1=O. The zero-order valence-electron chi connectivity index (χ0n) is 9.51. The number of carbonyl (C=O) groups excluding carboxylic acids is 1. The third kappa shape index (κ3) is 2.39. The van der Waals surface area contributed by atoms with Gasteiger partial charge in [0.15, 0.2) is 0 Å². The van der Waals surface area contributed by atoms with E-state index in [4.69, 9.17) is 11.6 Å². The van der Waals surface area contributed by atoms with Crippen molar-refractivity contribution < 1.29 is 18.1 Å². The average Bonchev–Trinajstić information content (AvgIpc) is 2.36. The molecule has 1 aromatic carbocycles. The van der Waals surface area contributed by atoms with E-state index in [1.54, 1.807) is 0 Å². The van der Waals surface area contributed by atoms with E-state index >= 15 is 0 Å². The number of halogens is 1. The van der Waals surface area contributed by atoms with Crippen LogP contribution >= 0.6 is 11.6 Å². The van der Waals surface area contributed by atoms with Crippen LogP contribution in [0.1, 0.15) is 6.92 Å². The number of hydrogen-bond donors (Lipinski definition) is 2. The number of nitrogens with one attached hydrogen (secondary N) is 2. The maximum atomic E-state index is 12.0. The van der Waals surface area contributed by atoms with E-state index in [1.807, 2.05) is 0 Å². The summed E-state index contributed by atoms with van der Waals surface area (Å²) in [5, 5.41) is 13.0. The predicted molar refractivity (Wildman–Crippen MR) is 66.5 cm³/mol. The van der Waals surface area contributed by atoms with Gasteiger partial charge in [-0.2, -0.15) is 4.72 Å². The number of carbonyl (C=O) groups is 1. The van der Waals surface area contributed by atoms with Gasteiger partial charge in [0.25, 0.3) is 5.69 Å². The van der Waals surface area contributed by atoms with Gasteiger partial charge in [-0.05, 0) is 13.0 Å². The van der Waals surface area contributed by atoms with Crippen LogP contribution in [0, 0.1) is 10.1 Å². The van der Waals surface area contributed by atoms with E-state index < -0.39 is 37.5 Å².